The topological polar surface area (TPSA) is 88.3 Å². The van der Waals surface area contributed by atoms with Gasteiger partial charge in [-0.15, -0.1) is 0 Å². The third kappa shape index (κ3) is 3.68. The fourth-order valence-electron chi connectivity index (χ4n) is 5.13. The highest BCUT2D eigenvalue weighted by molar-refractivity contribution is 7.89. The summed E-state index contributed by atoms with van der Waals surface area (Å²) in [4.78, 5) is 16.2. The number of carbonyl (C=O) groups excluding carboxylic acids is 1. The Balaban J connectivity index is 1.44. The molecule has 0 aliphatic carbocycles. The molecule has 0 saturated heterocycles. The Morgan fingerprint density at radius 2 is 1.56 bits per heavy atom. The minimum Gasteiger partial charge on any atom is -0.465 e. The van der Waals surface area contributed by atoms with Gasteiger partial charge in [-0.2, -0.15) is 4.72 Å². The van der Waals surface area contributed by atoms with E-state index in [0.717, 1.165) is 43.4 Å². The van der Waals surface area contributed by atoms with E-state index in [1.54, 1.807) is 19.2 Å². The average molecular weight is 497 g/mol. The number of hydrogen-bond donors (Lipinski definition) is 2. The number of aromatic nitrogens is 1. The maximum Gasteiger partial charge on any atom is 0.324 e. The molecule has 0 bridgehead atoms. The summed E-state index contributed by atoms with van der Waals surface area (Å²) in [7, 11) is -4.07. The number of carbonyl (C=O) groups is 1. The van der Waals surface area contributed by atoms with Gasteiger partial charge in [0, 0.05) is 28.9 Å². The van der Waals surface area contributed by atoms with Crippen molar-refractivity contribution in [3.8, 4) is 0 Å². The van der Waals surface area contributed by atoms with Gasteiger partial charge in [0.2, 0.25) is 10.0 Å². The number of esters is 1. The lowest BCUT2D eigenvalue weighted by Crippen LogP contribution is -2.43. The number of hydrogen-bond acceptors (Lipinski definition) is 4. The van der Waals surface area contributed by atoms with Gasteiger partial charge in [-0.1, -0.05) is 66.7 Å². The first-order valence-corrected chi connectivity index (χ1v) is 13.3. The highest BCUT2D eigenvalue weighted by Crippen LogP contribution is 2.37. The SMILES string of the molecule is CCOC(=O)[C@H](Cc1c[nH]c2ccccc12)NS(=O)(=O)c1ccc2ccc3cccc4ccc1c2c34. The van der Waals surface area contributed by atoms with Crippen LogP contribution in [-0.4, -0.2) is 32.0 Å². The fourth-order valence-corrected chi connectivity index (χ4v) is 6.52. The first-order valence-electron chi connectivity index (χ1n) is 11.9. The zero-order valence-corrected chi connectivity index (χ0v) is 20.4. The largest absolute Gasteiger partial charge is 0.465 e. The number of nitrogens with one attached hydrogen (secondary N) is 2. The van der Waals surface area contributed by atoms with Crippen LogP contribution in [0.5, 0.6) is 0 Å². The maximum absolute atomic E-state index is 13.8. The molecule has 0 amide bonds. The fraction of sp³-hybridized carbons (Fsp3) is 0.138. The summed E-state index contributed by atoms with van der Waals surface area (Å²) in [6.07, 6.45) is 1.97. The number of fused-ring (bicyclic) bond motifs is 1. The van der Waals surface area contributed by atoms with E-state index in [9.17, 15) is 13.2 Å². The van der Waals surface area contributed by atoms with E-state index in [2.05, 4.69) is 15.8 Å². The Hall–Kier alpha value is -3.94. The Bertz CT molecular complexity index is 1840. The van der Waals surface area contributed by atoms with Crippen LogP contribution in [0.15, 0.2) is 90.0 Å². The minimum atomic E-state index is -4.07. The molecule has 1 aromatic heterocycles. The van der Waals surface area contributed by atoms with Crippen molar-refractivity contribution in [2.24, 2.45) is 0 Å². The molecule has 2 N–H and O–H groups in total. The lowest BCUT2D eigenvalue weighted by molar-refractivity contribution is -0.145. The second-order valence-corrected chi connectivity index (χ2v) is 10.6. The van der Waals surface area contributed by atoms with Gasteiger partial charge in [-0.3, -0.25) is 4.79 Å². The minimum absolute atomic E-state index is 0.140. The van der Waals surface area contributed by atoms with Crippen molar-refractivity contribution in [1.29, 1.82) is 0 Å². The summed E-state index contributed by atoms with van der Waals surface area (Å²) in [6.45, 7) is 1.86. The Morgan fingerprint density at radius 3 is 2.33 bits per heavy atom. The molecule has 0 unspecified atom stereocenters. The molecule has 0 fully saturated rings. The molecular formula is C29H24N2O4S. The first kappa shape index (κ1) is 22.5. The van der Waals surface area contributed by atoms with Crippen molar-refractivity contribution >= 4 is 59.2 Å². The Labute approximate surface area is 208 Å². The molecular weight excluding hydrogens is 472 g/mol. The van der Waals surface area contributed by atoms with E-state index in [-0.39, 0.29) is 17.9 Å². The van der Waals surface area contributed by atoms with Gasteiger partial charge in [-0.05, 0) is 51.6 Å². The second-order valence-electron chi connectivity index (χ2n) is 8.91. The van der Waals surface area contributed by atoms with E-state index in [1.165, 1.54) is 0 Å². The summed E-state index contributed by atoms with van der Waals surface area (Å²) in [5.41, 5.74) is 1.76. The van der Waals surface area contributed by atoms with Gasteiger partial charge in [-0.25, -0.2) is 8.42 Å². The summed E-state index contributed by atoms with van der Waals surface area (Å²) in [5.74, 6) is -0.607. The number of rotatable bonds is 7. The Morgan fingerprint density at radius 1 is 0.861 bits per heavy atom. The van der Waals surface area contributed by atoms with Crippen LogP contribution in [0.25, 0.3) is 43.2 Å². The summed E-state index contributed by atoms with van der Waals surface area (Å²) >= 11 is 0. The van der Waals surface area contributed by atoms with Crippen LogP contribution in [0.2, 0.25) is 0 Å². The lowest BCUT2D eigenvalue weighted by Gasteiger charge is -2.19. The van der Waals surface area contributed by atoms with Crippen LogP contribution in [-0.2, 0) is 26.0 Å². The second kappa shape index (κ2) is 8.62. The van der Waals surface area contributed by atoms with Gasteiger partial charge >= 0.3 is 5.97 Å². The summed E-state index contributed by atoms with van der Waals surface area (Å²) < 4.78 is 35.4. The molecule has 0 saturated carbocycles. The van der Waals surface area contributed by atoms with Crippen LogP contribution < -0.4 is 4.72 Å². The van der Waals surface area contributed by atoms with Crippen LogP contribution in [0.4, 0.5) is 0 Å². The van der Waals surface area contributed by atoms with Crippen molar-refractivity contribution in [3.63, 3.8) is 0 Å². The predicted octanol–water partition coefficient (Wildman–Crippen LogP) is 5.52. The molecule has 0 radical (unpaired) electrons. The van der Waals surface area contributed by atoms with E-state index in [1.807, 2.05) is 66.7 Å². The molecule has 180 valence electrons. The quantitative estimate of drug-likeness (QED) is 0.225. The molecule has 6 rings (SSSR count). The van der Waals surface area contributed by atoms with Crippen molar-refractivity contribution in [2.75, 3.05) is 6.61 Å². The molecule has 1 atom stereocenters. The molecule has 0 spiro atoms. The predicted molar refractivity (Wildman–Crippen MR) is 143 cm³/mol. The van der Waals surface area contributed by atoms with Crippen molar-refractivity contribution in [3.05, 3.63) is 90.6 Å². The van der Waals surface area contributed by atoms with Crippen LogP contribution >= 0.6 is 0 Å². The molecule has 0 aliphatic rings. The molecule has 0 aliphatic heterocycles. The molecule has 36 heavy (non-hydrogen) atoms. The van der Waals surface area contributed by atoms with Crippen molar-refractivity contribution in [1.82, 2.24) is 9.71 Å². The smallest absolute Gasteiger partial charge is 0.324 e. The number of para-hydroxylation sites is 1. The van der Waals surface area contributed by atoms with Gasteiger partial charge < -0.3 is 9.72 Å². The number of sulfonamides is 1. The van der Waals surface area contributed by atoms with Crippen LogP contribution in [0.1, 0.15) is 12.5 Å². The number of aromatic amines is 1. The standard InChI is InChI=1S/C29H24N2O4S/c1-2-35-29(32)25(16-21-17-30-24-9-4-3-8-22(21)24)31-36(33,34)26-15-13-20-11-10-18-6-5-7-19-12-14-23(26)28(20)27(18)19/h3-15,17,25,30-31H,2,16H2,1H3/t25-/m0/s1. The summed E-state index contributed by atoms with van der Waals surface area (Å²) in [5, 5.41) is 6.57. The van der Waals surface area contributed by atoms with Crippen molar-refractivity contribution < 1.29 is 17.9 Å². The number of ether oxygens (including phenoxy) is 1. The van der Waals surface area contributed by atoms with Gasteiger partial charge in [0.1, 0.15) is 6.04 Å². The lowest BCUT2D eigenvalue weighted by atomic mass is 9.94. The zero-order valence-electron chi connectivity index (χ0n) is 19.6. The average Bonchev–Trinajstić information content (AvgIpc) is 3.29. The molecule has 7 heteroatoms. The number of benzene rings is 5. The van der Waals surface area contributed by atoms with Crippen LogP contribution in [0.3, 0.4) is 0 Å². The normalized spacial score (nSPS) is 13.1. The van der Waals surface area contributed by atoms with Gasteiger partial charge in [0.05, 0.1) is 11.5 Å². The van der Waals surface area contributed by atoms with E-state index in [4.69, 9.17) is 4.74 Å². The third-order valence-corrected chi connectivity index (χ3v) is 8.28. The maximum atomic E-state index is 13.8. The van der Waals surface area contributed by atoms with E-state index in [0.29, 0.717) is 5.39 Å². The van der Waals surface area contributed by atoms with Gasteiger partial charge in [0.25, 0.3) is 0 Å². The molecule has 1 heterocycles. The first-order chi connectivity index (χ1) is 17.5. The third-order valence-electron chi connectivity index (χ3n) is 6.75. The molecule has 5 aromatic carbocycles. The highest BCUT2D eigenvalue weighted by atomic mass is 32.2. The van der Waals surface area contributed by atoms with E-state index < -0.39 is 22.0 Å². The summed E-state index contributed by atoms with van der Waals surface area (Å²) in [6, 6.07) is 24.0. The van der Waals surface area contributed by atoms with E-state index >= 15 is 0 Å². The Kier molecular flexibility index (Phi) is 5.39. The van der Waals surface area contributed by atoms with Gasteiger partial charge in [0.15, 0.2) is 0 Å². The van der Waals surface area contributed by atoms with Crippen molar-refractivity contribution in [2.45, 2.75) is 24.3 Å². The highest BCUT2D eigenvalue weighted by Gasteiger charge is 2.29. The zero-order chi connectivity index (χ0) is 24.9. The van der Waals surface area contributed by atoms with Crippen LogP contribution in [0, 0.1) is 0 Å². The number of H-pyrrole nitrogens is 1. The monoisotopic (exact) mass is 496 g/mol. The molecule has 6 nitrogen and oxygen atoms in total. The molecule has 6 aromatic rings.